The van der Waals surface area contributed by atoms with Gasteiger partial charge in [-0.3, -0.25) is 9.78 Å². The van der Waals surface area contributed by atoms with Gasteiger partial charge in [0.2, 0.25) is 5.91 Å². The van der Waals surface area contributed by atoms with Crippen molar-refractivity contribution in [3.05, 3.63) is 30.1 Å². The standard InChI is InChI=1S/C15H22N2OS2/c18-15(7-2-1-6-14-9-12-19-20-14)17-11-8-13-5-3-4-10-16-13/h3-5,10,14H,1-2,6-9,11-12H2,(H,17,18)/t14-/m0/s1. The number of hydrogen-bond donors (Lipinski definition) is 1. The van der Waals surface area contributed by atoms with Crippen molar-refractivity contribution in [1.29, 1.82) is 0 Å². The number of hydrogen-bond acceptors (Lipinski definition) is 4. The molecule has 2 heterocycles. The van der Waals surface area contributed by atoms with Crippen molar-refractivity contribution in [3.63, 3.8) is 0 Å². The summed E-state index contributed by atoms with van der Waals surface area (Å²) in [5, 5.41) is 3.80. The number of unbranched alkanes of at least 4 members (excludes halogenated alkanes) is 1. The van der Waals surface area contributed by atoms with Crippen LogP contribution in [0.15, 0.2) is 24.4 Å². The molecule has 1 atom stereocenters. The second-order valence-electron chi connectivity index (χ2n) is 5.00. The molecule has 1 aliphatic rings. The molecular formula is C15H22N2OS2. The zero-order chi connectivity index (χ0) is 14.0. The van der Waals surface area contributed by atoms with Crippen LogP contribution in [-0.4, -0.2) is 28.4 Å². The first-order valence-corrected chi connectivity index (χ1v) is 9.67. The number of aromatic nitrogens is 1. The van der Waals surface area contributed by atoms with E-state index in [1.54, 1.807) is 6.20 Å². The Morgan fingerprint density at radius 1 is 1.40 bits per heavy atom. The fraction of sp³-hybridized carbons (Fsp3) is 0.600. The Morgan fingerprint density at radius 3 is 3.10 bits per heavy atom. The molecular weight excluding hydrogens is 288 g/mol. The van der Waals surface area contributed by atoms with Crippen LogP contribution in [0.4, 0.5) is 0 Å². The van der Waals surface area contributed by atoms with Gasteiger partial charge in [0.15, 0.2) is 0 Å². The first kappa shape index (κ1) is 15.7. The maximum Gasteiger partial charge on any atom is 0.220 e. The number of nitrogens with one attached hydrogen (secondary N) is 1. The minimum Gasteiger partial charge on any atom is -0.356 e. The fourth-order valence-corrected chi connectivity index (χ4v) is 5.21. The fourth-order valence-electron chi connectivity index (χ4n) is 2.19. The molecule has 0 radical (unpaired) electrons. The van der Waals surface area contributed by atoms with Gasteiger partial charge in [-0.25, -0.2) is 0 Å². The molecule has 1 amide bonds. The predicted octanol–water partition coefficient (Wildman–Crippen LogP) is 3.45. The lowest BCUT2D eigenvalue weighted by Crippen LogP contribution is -2.25. The number of carbonyl (C=O) groups excluding carboxylic acids is 1. The number of pyridine rings is 1. The molecule has 1 aliphatic heterocycles. The molecule has 2 rings (SSSR count). The Morgan fingerprint density at radius 2 is 2.35 bits per heavy atom. The normalized spacial score (nSPS) is 18.1. The molecule has 1 saturated heterocycles. The number of nitrogens with zero attached hydrogens (tertiary/aromatic N) is 1. The summed E-state index contributed by atoms with van der Waals surface area (Å²) in [5.41, 5.74) is 1.03. The molecule has 0 bridgehead atoms. The van der Waals surface area contributed by atoms with E-state index in [9.17, 15) is 4.79 Å². The molecule has 0 unspecified atom stereocenters. The van der Waals surface area contributed by atoms with Crippen LogP contribution in [0.5, 0.6) is 0 Å². The number of carbonyl (C=O) groups is 1. The molecule has 20 heavy (non-hydrogen) atoms. The first-order valence-electron chi connectivity index (χ1n) is 7.29. The lowest BCUT2D eigenvalue weighted by atomic mass is 10.1. The highest BCUT2D eigenvalue weighted by Gasteiger charge is 2.15. The van der Waals surface area contributed by atoms with Crippen LogP contribution in [0, 0.1) is 0 Å². The van der Waals surface area contributed by atoms with E-state index in [1.165, 1.54) is 25.0 Å². The largest absolute Gasteiger partial charge is 0.356 e. The zero-order valence-electron chi connectivity index (χ0n) is 11.7. The second kappa shape index (κ2) is 9.29. The highest BCUT2D eigenvalue weighted by Crippen LogP contribution is 2.39. The maximum atomic E-state index is 11.7. The highest BCUT2D eigenvalue weighted by molar-refractivity contribution is 8.77. The molecule has 1 N–H and O–H groups in total. The summed E-state index contributed by atoms with van der Waals surface area (Å²) in [7, 11) is 4.01. The third-order valence-corrected chi connectivity index (χ3v) is 6.34. The summed E-state index contributed by atoms with van der Waals surface area (Å²) in [6.45, 7) is 0.685. The van der Waals surface area contributed by atoms with Gasteiger partial charge in [0, 0.05) is 42.3 Å². The first-order chi connectivity index (χ1) is 9.84. The van der Waals surface area contributed by atoms with Gasteiger partial charge < -0.3 is 5.32 Å². The third-order valence-electron chi connectivity index (χ3n) is 3.34. The summed E-state index contributed by atoms with van der Waals surface area (Å²) in [4.78, 5) is 15.9. The van der Waals surface area contributed by atoms with Crippen molar-refractivity contribution in [2.45, 2.75) is 43.8 Å². The van der Waals surface area contributed by atoms with Crippen molar-refractivity contribution in [1.82, 2.24) is 10.3 Å². The van der Waals surface area contributed by atoms with Crippen LogP contribution in [0.25, 0.3) is 0 Å². The van der Waals surface area contributed by atoms with Crippen LogP contribution in [-0.2, 0) is 11.2 Å². The Kier molecular flexibility index (Phi) is 7.30. The average molecular weight is 310 g/mol. The Balaban J connectivity index is 1.48. The topological polar surface area (TPSA) is 42.0 Å². The average Bonchev–Trinajstić information content (AvgIpc) is 2.98. The summed E-state index contributed by atoms with van der Waals surface area (Å²) in [5.74, 6) is 1.47. The lowest BCUT2D eigenvalue weighted by Gasteiger charge is -2.07. The molecule has 1 aromatic rings. The molecule has 5 heteroatoms. The van der Waals surface area contributed by atoms with E-state index in [0.717, 1.165) is 23.8 Å². The molecule has 1 aromatic heterocycles. The van der Waals surface area contributed by atoms with Crippen LogP contribution in [0.2, 0.25) is 0 Å². The van der Waals surface area contributed by atoms with E-state index in [4.69, 9.17) is 0 Å². The van der Waals surface area contributed by atoms with E-state index in [1.807, 2.05) is 39.8 Å². The number of amides is 1. The van der Waals surface area contributed by atoms with Gasteiger partial charge in [0.1, 0.15) is 0 Å². The molecule has 3 nitrogen and oxygen atoms in total. The van der Waals surface area contributed by atoms with E-state index in [-0.39, 0.29) is 5.91 Å². The monoisotopic (exact) mass is 310 g/mol. The van der Waals surface area contributed by atoms with Crippen LogP contribution >= 0.6 is 21.6 Å². The molecule has 0 aliphatic carbocycles. The van der Waals surface area contributed by atoms with E-state index < -0.39 is 0 Å². The van der Waals surface area contributed by atoms with Crippen molar-refractivity contribution < 1.29 is 4.79 Å². The molecule has 0 spiro atoms. The van der Waals surface area contributed by atoms with Crippen molar-refractivity contribution in [3.8, 4) is 0 Å². The quantitative estimate of drug-likeness (QED) is 0.590. The van der Waals surface area contributed by atoms with Crippen molar-refractivity contribution in [2.75, 3.05) is 12.3 Å². The summed E-state index contributed by atoms with van der Waals surface area (Å²) in [6.07, 6.45) is 8.04. The van der Waals surface area contributed by atoms with Gasteiger partial charge in [0.25, 0.3) is 0 Å². The van der Waals surface area contributed by atoms with E-state index in [0.29, 0.717) is 13.0 Å². The molecule has 110 valence electrons. The van der Waals surface area contributed by atoms with Crippen LogP contribution in [0.3, 0.4) is 0 Å². The van der Waals surface area contributed by atoms with Gasteiger partial charge in [-0.2, -0.15) is 0 Å². The molecule has 1 fully saturated rings. The van der Waals surface area contributed by atoms with Gasteiger partial charge in [-0.05, 0) is 31.4 Å². The summed E-state index contributed by atoms with van der Waals surface area (Å²) < 4.78 is 0. The highest BCUT2D eigenvalue weighted by atomic mass is 33.1. The maximum absolute atomic E-state index is 11.7. The molecule has 0 saturated carbocycles. The van der Waals surface area contributed by atoms with Crippen molar-refractivity contribution >= 4 is 27.5 Å². The Labute approximate surface area is 129 Å². The Hall–Kier alpha value is -0.680. The van der Waals surface area contributed by atoms with Crippen LogP contribution in [0.1, 0.15) is 37.8 Å². The smallest absolute Gasteiger partial charge is 0.220 e. The van der Waals surface area contributed by atoms with Crippen molar-refractivity contribution in [2.24, 2.45) is 0 Å². The predicted molar refractivity (Wildman–Crippen MR) is 87.9 cm³/mol. The summed E-state index contributed by atoms with van der Waals surface area (Å²) >= 11 is 0. The van der Waals surface area contributed by atoms with Gasteiger partial charge in [0.05, 0.1) is 0 Å². The van der Waals surface area contributed by atoms with E-state index in [2.05, 4.69) is 10.3 Å². The summed E-state index contributed by atoms with van der Waals surface area (Å²) in [6, 6.07) is 5.87. The van der Waals surface area contributed by atoms with Gasteiger partial charge >= 0.3 is 0 Å². The zero-order valence-corrected chi connectivity index (χ0v) is 13.3. The van der Waals surface area contributed by atoms with Gasteiger partial charge in [-0.1, -0.05) is 34.1 Å². The second-order valence-corrected chi connectivity index (χ2v) is 7.78. The third kappa shape index (κ3) is 6.18. The lowest BCUT2D eigenvalue weighted by molar-refractivity contribution is -0.121. The Bertz CT molecular complexity index is 394. The van der Waals surface area contributed by atoms with Crippen LogP contribution < -0.4 is 5.32 Å². The minimum atomic E-state index is 0.175. The number of rotatable bonds is 8. The minimum absolute atomic E-state index is 0.175. The molecule has 0 aromatic carbocycles. The van der Waals surface area contributed by atoms with E-state index >= 15 is 0 Å². The van der Waals surface area contributed by atoms with Gasteiger partial charge in [-0.15, -0.1) is 0 Å². The SMILES string of the molecule is O=C(CCCC[C@H]1CCSS1)NCCc1ccccn1.